The Balaban J connectivity index is 2.11. The number of carbonyl (C=O) groups excluding carboxylic acids is 2. The standard InChI is InChI=1S/C12H11F4N3O2/c13-7-2-1-6(12(14,15)16)3-8(7)19-11(21)9-4-18-10(20)5-17-9/h1-3,9,17H,4-5H2,(H,18,20)(H,19,21). The first-order chi connectivity index (χ1) is 9.77. The second-order valence-corrected chi connectivity index (χ2v) is 4.42. The molecule has 0 radical (unpaired) electrons. The highest BCUT2D eigenvalue weighted by atomic mass is 19.4. The van der Waals surface area contributed by atoms with Gasteiger partial charge in [0.25, 0.3) is 0 Å². The monoisotopic (exact) mass is 305 g/mol. The summed E-state index contributed by atoms with van der Waals surface area (Å²) in [4.78, 5) is 22.7. The minimum Gasteiger partial charge on any atom is -0.353 e. The van der Waals surface area contributed by atoms with Gasteiger partial charge in [-0.25, -0.2) is 4.39 Å². The molecular weight excluding hydrogens is 294 g/mol. The smallest absolute Gasteiger partial charge is 0.353 e. The van der Waals surface area contributed by atoms with Crippen LogP contribution in [0.1, 0.15) is 5.56 Å². The van der Waals surface area contributed by atoms with Crippen molar-refractivity contribution in [2.75, 3.05) is 18.4 Å². The third-order valence-corrected chi connectivity index (χ3v) is 2.88. The first-order valence-corrected chi connectivity index (χ1v) is 5.95. The number of benzene rings is 1. The van der Waals surface area contributed by atoms with Gasteiger partial charge in [-0.3, -0.25) is 14.9 Å². The number of anilines is 1. The average molecular weight is 305 g/mol. The van der Waals surface area contributed by atoms with E-state index in [0.29, 0.717) is 18.2 Å². The quantitative estimate of drug-likeness (QED) is 0.710. The first kappa shape index (κ1) is 15.2. The van der Waals surface area contributed by atoms with Crippen molar-refractivity contribution in [2.24, 2.45) is 0 Å². The van der Waals surface area contributed by atoms with Gasteiger partial charge >= 0.3 is 6.18 Å². The number of alkyl halides is 3. The zero-order chi connectivity index (χ0) is 15.6. The molecule has 0 aliphatic carbocycles. The van der Waals surface area contributed by atoms with E-state index < -0.39 is 35.2 Å². The Hall–Kier alpha value is -2.16. The Kier molecular flexibility index (Phi) is 4.12. The molecule has 9 heteroatoms. The van der Waals surface area contributed by atoms with Crippen LogP contribution in [0.15, 0.2) is 18.2 Å². The van der Waals surface area contributed by atoms with Gasteiger partial charge in [0.2, 0.25) is 11.8 Å². The number of hydrogen-bond donors (Lipinski definition) is 3. The van der Waals surface area contributed by atoms with Gasteiger partial charge in [-0.05, 0) is 18.2 Å². The minimum atomic E-state index is -4.63. The van der Waals surface area contributed by atoms with Crippen LogP contribution >= 0.6 is 0 Å². The van der Waals surface area contributed by atoms with Crippen molar-refractivity contribution in [3.63, 3.8) is 0 Å². The molecule has 1 saturated heterocycles. The SMILES string of the molecule is O=C1CNC(C(=O)Nc2cc(C(F)(F)F)ccc2F)CN1. The van der Waals surface area contributed by atoms with Crippen molar-refractivity contribution in [3.8, 4) is 0 Å². The van der Waals surface area contributed by atoms with Crippen LogP contribution in [0.2, 0.25) is 0 Å². The third kappa shape index (κ3) is 3.69. The molecule has 1 unspecified atom stereocenters. The van der Waals surface area contributed by atoms with Crippen LogP contribution in [0, 0.1) is 5.82 Å². The van der Waals surface area contributed by atoms with Crippen LogP contribution in [0.25, 0.3) is 0 Å². The lowest BCUT2D eigenvalue weighted by Gasteiger charge is -2.23. The van der Waals surface area contributed by atoms with Crippen molar-refractivity contribution < 1.29 is 27.2 Å². The summed E-state index contributed by atoms with van der Waals surface area (Å²) in [6.07, 6.45) is -4.63. The number of nitrogens with one attached hydrogen (secondary N) is 3. The maximum atomic E-state index is 13.5. The van der Waals surface area contributed by atoms with E-state index in [2.05, 4.69) is 16.0 Å². The predicted octanol–water partition coefficient (Wildman–Crippen LogP) is 0.871. The molecular formula is C12H11F4N3O2. The van der Waals surface area contributed by atoms with Crippen molar-refractivity contribution in [3.05, 3.63) is 29.6 Å². The largest absolute Gasteiger partial charge is 0.416 e. The molecule has 1 aromatic carbocycles. The van der Waals surface area contributed by atoms with Crippen LogP contribution in [0.5, 0.6) is 0 Å². The Morgan fingerprint density at radius 2 is 2.05 bits per heavy atom. The van der Waals surface area contributed by atoms with E-state index in [4.69, 9.17) is 0 Å². The lowest BCUT2D eigenvalue weighted by molar-refractivity contribution is -0.137. The molecule has 5 nitrogen and oxygen atoms in total. The number of carbonyl (C=O) groups is 2. The van der Waals surface area contributed by atoms with Gasteiger partial charge in [0.15, 0.2) is 0 Å². The van der Waals surface area contributed by atoms with Crippen LogP contribution in [0.3, 0.4) is 0 Å². The van der Waals surface area contributed by atoms with Gasteiger partial charge in [-0.2, -0.15) is 13.2 Å². The van der Waals surface area contributed by atoms with Gasteiger partial charge in [0, 0.05) is 6.54 Å². The van der Waals surface area contributed by atoms with E-state index in [1.807, 2.05) is 0 Å². The molecule has 1 aliphatic heterocycles. The zero-order valence-electron chi connectivity index (χ0n) is 10.6. The molecule has 0 spiro atoms. The highest BCUT2D eigenvalue weighted by molar-refractivity contribution is 5.96. The first-order valence-electron chi connectivity index (χ1n) is 5.95. The number of halogens is 4. The number of rotatable bonds is 2. The van der Waals surface area contributed by atoms with Crippen molar-refractivity contribution >= 4 is 17.5 Å². The van der Waals surface area contributed by atoms with Crippen LogP contribution in [-0.2, 0) is 15.8 Å². The number of piperazine rings is 1. The molecule has 1 heterocycles. The number of amides is 2. The van der Waals surface area contributed by atoms with Crippen molar-refractivity contribution in [1.82, 2.24) is 10.6 Å². The van der Waals surface area contributed by atoms with E-state index in [1.165, 1.54) is 0 Å². The molecule has 21 heavy (non-hydrogen) atoms. The maximum absolute atomic E-state index is 13.5. The van der Waals surface area contributed by atoms with E-state index in [-0.39, 0.29) is 19.0 Å². The summed E-state index contributed by atoms with van der Waals surface area (Å²) in [6.45, 7) is -0.117. The predicted molar refractivity (Wildman–Crippen MR) is 64.8 cm³/mol. The lowest BCUT2D eigenvalue weighted by Crippen LogP contribution is -2.56. The second kappa shape index (κ2) is 5.68. The molecule has 1 fully saturated rings. The van der Waals surface area contributed by atoms with Gasteiger partial charge in [-0.1, -0.05) is 0 Å². The summed E-state index contributed by atoms with van der Waals surface area (Å²) >= 11 is 0. The summed E-state index contributed by atoms with van der Waals surface area (Å²) in [5.74, 6) is -2.01. The third-order valence-electron chi connectivity index (χ3n) is 2.88. The zero-order valence-corrected chi connectivity index (χ0v) is 10.6. The van der Waals surface area contributed by atoms with Crippen molar-refractivity contribution in [2.45, 2.75) is 12.2 Å². The Morgan fingerprint density at radius 1 is 1.33 bits per heavy atom. The molecule has 1 atom stereocenters. The molecule has 0 saturated carbocycles. The molecule has 0 aromatic heterocycles. The summed E-state index contributed by atoms with van der Waals surface area (Å²) in [7, 11) is 0. The van der Waals surface area contributed by atoms with E-state index in [9.17, 15) is 27.2 Å². The van der Waals surface area contributed by atoms with Gasteiger partial charge in [0.1, 0.15) is 11.9 Å². The fourth-order valence-corrected chi connectivity index (χ4v) is 1.77. The van der Waals surface area contributed by atoms with Crippen molar-refractivity contribution in [1.29, 1.82) is 0 Å². The second-order valence-electron chi connectivity index (χ2n) is 4.42. The normalized spacial score (nSPS) is 19.0. The fraction of sp³-hybridized carbons (Fsp3) is 0.333. The molecule has 3 N–H and O–H groups in total. The summed E-state index contributed by atoms with van der Waals surface area (Å²) in [5.41, 5.74) is -1.63. The molecule has 114 valence electrons. The summed E-state index contributed by atoms with van der Waals surface area (Å²) in [5, 5.41) is 7.08. The van der Waals surface area contributed by atoms with Crippen LogP contribution in [0.4, 0.5) is 23.2 Å². The Bertz CT molecular complexity index is 564. The molecule has 1 aliphatic rings. The van der Waals surface area contributed by atoms with E-state index in [1.54, 1.807) is 0 Å². The fourth-order valence-electron chi connectivity index (χ4n) is 1.77. The molecule has 1 aromatic rings. The van der Waals surface area contributed by atoms with E-state index in [0.717, 1.165) is 0 Å². The summed E-state index contributed by atoms with van der Waals surface area (Å²) in [6, 6.07) is 0.907. The Labute approximate surface area is 116 Å². The summed E-state index contributed by atoms with van der Waals surface area (Å²) < 4.78 is 51.1. The Morgan fingerprint density at radius 3 is 2.62 bits per heavy atom. The molecule has 2 rings (SSSR count). The molecule has 0 bridgehead atoms. The van der Waals surface area contributed by atoms with Gasteiger partial charge < -0.3 is 10.6 Å². The van der Waals surface area contributed by atoms with E-state index >= 15 is 0 Å². The minimum absolute atomic E-state index is 0.0226. The maximum Gasteiger partial charge on any atom is 0.416 e. The lowest BCUT2D eigenvalue weighted by atomic mass is 10.1. The van der Waals surface area contributed by atoms with Crippen LogP contribution in [-0.4, -0.2) is 30.9 Å². The van der Waals surface area contributed by atoms with Gasteiger partial charge in [-0.15, -0.1) is 0 Å². The average Bonchev–Trinajstić information content (AvgIpc) is 2.40. The number of hydrogen-bond acceptors (Lipinski definition) is 3. The molecule has 2 amide bonds. The topological polar surface area (TPSA) is 70.2 Å². The highest BCUT2D eigenvalue weighted by Crippen LogP contribution is 2.31. The highest BCUT2D eigenvalue weighted by Gasteiger charge is 2.32. The van der Waals surface area contributed by atoms with Crippen LogP contribution < -0.4 is 16.0 Å². The van der Waals surface area contributed by atoms with Gasteiger partial charge in [0.05, 0.1) is 17.8 Å².